The predicted molar refractivity (Wildman–Crippen MR) is 79.1 cm³/mol. The van der Waals surface area contributed by atoms with Gasteiger partial charge in [0.2, 0.25) is 0 Å². The highest BCUT2D eigenvalue weighted by atomic mass is 14.2. The molecular formula is C18H14. The Morgan fingerprint density at radius 3 is 2.78 bits per heavy atom. The zero-order valence-electron chi connectivity index (χ0n) is 10.5. The average Bonchev–Trinajstić information content (AvgIpc) is 2.38. The molecule has 0 aliphatic heterocycles. The van der Waals surface area contributed by atoms with Crippen molar-refractivity contribution in [2.75, 3.05) is 0 Å². The summed E-state index contributed by atoms with van der Waals surface area (Å²) in [5, 5.41) is 8.03. The van der Waals surface area contributed by atoms with E-state index in [2.05, 4.69) is 56.0 Å². The maximum Gasteiger partial charge on any atom is -0.00246 e. The van der Waals surface area contributed by atoms with Crippen LogP contribution in [-0.4, -0.2) is 0 Å². The average molecular weight is 230 g/mol. The van der Waals surface area contributed by atoms with Crippen molar-refractivity contribution in [3.05, 3.63) is 58.0 Å². The summed E-state index contributed by atoms with van der Waals surface area (Å²) >= 11 is 0. The maximum atomic E-state index is 4.20. The number of hydrogen-bond donors (Lipinski definition) is 0. The number of aryl methyl sites for hydroxylation is 1. The minimum absolute atomic E-state index is 1.04. The third kappa shape index (κ3) is 1.10. The molecule has 0 atom stereocenters. The SMILES string of the molecule is C=c1ccc2c3c1c(C)cc1cccc(c13)CC=2. The Labute approximate surface area is 106 Å². The van der Waals surface area contributed by atoms with Gasteiger partial charge in [0, 0.05) is 0 Å². The molecule has 0 fully saturated rings. The first-order valence-corrected chi connectivity index (χ1v) is 6.39. The molecule has 1 aliphatic rings. The first-order chi connectivity index (χ1) is 8.75. The highest BCUT2D eigenvalue weighted by Gasteiger charge is 2.12. The van der Waals surface area contributed by atoms with Crippen molar-refractivity contribution >= 4 is 34.2 Å². The van der Waals surface area contributed by atoms with Crippen LogP contribution in [0.2, 0.25) is 0 Å². The van der Waals surface area contributed by atoms with Crippen LogP contribution in [0.3, 0.4) is 0 Å². The molecule has 0 heteroatoms. The van der Waals surface area contributed by atoms with Crippen LogP contribution in [0.4, 0.5) is 0 Å². The molecule has 3 aromatic rings. The van der Waals surface area contributed by atoms with Gasteiger partial charge in [-0.1, -0.05) is 49.1 Å². The molecule has 3 aromatic carbocycles. The lowest BCUT2D eigenvalue weighted by Gasteiger charge is -2.15. The van der Waals surface area contributed by atoms with Crippen LogP contribution in [0.15, 0.2) is 36.4 Å². The quantitative estimate of drug-likeness (QED) is 0.521. The summed E-state index contributed by atoms with van der Waals surface area (Å²) in [5.74, 6) is 0. The van der Waals surface area contributed by atoms with E-state index in [0.717, 1.165) is 11.6 Å². The van der Waals surface area contributed by atoms with E-state index in [9.17, 15) is 0 Å². The van der Waals surface area contributed by atoms with Gasteiger partial charge in [0.05, 0.1) is 0 Å². The molecule has 0 nitrogen and oxygen atoms in total. The van der Waals surface area contributed by atoms with Crippen molar-refractivity contribution in [2.45, 2.75) is 13.3 Å². The molecule has 1 aliphatic carbocycles. The Kier molecular flexibility index (Phi) is 1.78. The summed E-state index contributed by atoms with van der Waals surface area (Å²) in [6, 6.07) is 13.3. The molecule has 86 valence electrons. The maximum absolute atomic E-state index is 4.20. The summed E-state index contributed by atoms with van der Waals surface area (Å²) in [7, 11) is 0. The molecule has 0 bridgehead atoms. The van der Waals surface area contributed by atoms with Crippen LogP contribution in [-0.2, 0) is 6.42 Å². The van der Waals surface area contributed by atoms with Crippen LogP contribution < -0.4 is 10.4 Å². The van der Waals surface area contributed by atoms with Crippen molar-refractivity contribution in [3.8, 4) is 0 Å². The summed E-state index contributed by atoms with van der Waals surface area (Å²) in [5.41, 5.74) is 2.77. The van der Waals surface area contributed by atoms with E-state index >= 15 is 0 Å². The van der Waals surface area contributed by atoms with Crippen molar-refractivity contribution < 1.29 is 0 Å². The van der Waals surface area contributed by atoms with Gasteiger partial charge in [-0.2, -0.15) is 0 Å². The van der Waals surface area contributed by atoms with E-state index in [1.807, 2.05) is 0 Å². The Hall–Kier alpha value is -2.08. The molecule has 0 saturated heterocycles. The van der Waals surface area contributed by atoms with Crippen molar-refractivity contribution in [1.29, 1.82) is 0 Å². The molecule has 0 unspecified atom stereocenters. The van der Waals surface area contributed by atoms with Gasteiger partial charge in [-0.25, -0.2) is 0 Å². The van der Waals surface area contributed by atoms with Crippen molar-refractivity contribution in [2.24, 2.45) is 0 Å². The second-order valence-electron chi connectivity index (χ2n) is 5.18. The van der Waals surface area contributed by atoms with Crippen LogP contribution in [0.1, 0.15) is 11.1 Å². The Morgan fingerprint density at radius 2 is 1.89 bits per heavy atom. The van der Waals surface area contributed by atoms with E-state index < -0.39 is 0 Å². The Balaban J connectivity index is 2.52. The zero-order chi connectivity index (χ0) is 12.3. The van der Waals surface area contributed by atoms with E-state index in [1.165, 1.54) is 37.9 Å². The van der Waals surface area contributed by atoms with Crippen LogP contribution >= 0.6 is 0 Å². The number of rotatable bonds is 0. The second-order valence-corrected chi connectivity index (χ2v) is 5.18. The molecule has 0 spiro atoms. The van der Waals surface area contributed by atoms with Gasteiger partial charge >= 0.3 is 0 Å². The fourth-order valence-electron chi connectivity index (χ4n) is 3.29. The molecule has 0 N–H and O–H groups in total. The first-order valence-electron chi connectivity index (χ1n) is 6.39. The smallest absolute Gasteiger partial charge is 0.00246 e. The molecule has 0 aromatic heterocycles. The standard InChI is InChI=1S/C18H14/c1-11-6-7-14-9-8-13-4-3-5-15-10-12(2)16(11)18(14)17(13)15/h3-7,9-10H,1,8H2,2H3. The molecule has 0 radical (unpaired) electrons. The van der Waals surface area contributed by atoms with Gasteiger partial charge in [0.1, 0.15) is 0 Å². The summed E-state index contributed by atoms with van der Waals surface area (Å²) in [4.78, 5) is 0. The monoisotopic (exact) mass is 230 g/mol. The third-order valence-corrected chi connectivity index (χ3v) is 4.07. The normalized spacial score (nSPS) is 13.2. The van der Waals surface area contributed by atoms with E-state index in [0.29, 0.717) is 0 Å². The Morgan fingerprint density at radius 1 is 1.00 bits per heavy atom. The van der Waals surface area contributed by atoms with Gasteiger partial charge < -0.3 is 0 Å². The molecular weight excluding hydrogens is 216 g/mol. The molecule has 4 rings (SSSR count). The summed E-state index contributed by atoms with van der Waals surface area (Å²) in [6.45, 7) is 6.39. The summed E-state index contributed by atoms with van der Waals surface area (Å²) in [6.07, 6.45) is 3.38. The van der Waals surface area contributed by atoms with Crippen LogP contribution in [0.5, 0.6) is 0 Å². The minimum Gasteiger partial charge on any atom is -0.0911 e. The highest BCUT2D eigenvalue weighted by Crippen LogP contribution is 2.29. The molecule has 0 saturated carbocycles. The second kappa shape index (κ2) is 3.23. The van der Waals surface area contributed by atoms with Crippen molar-refractivity contribution in [3.63, 3.8) is 0 Å². The van der Waals surface area contributed by atoms with Crippen LogP contribution in [0, 0.1) is 6.92 Å². The number of hydrogen-bond acceptors (Lipinski definition) is 0. The zero-order valence-corrected chi connectivity index (χ0v) is 10.5. The van der Waals surface area contributed by atoms with E-state index in [4.69, 9.17) is 0 Å². The summed E-state index contributed by atoms with van der Waals surface area (Å²) < 4.78 is 0. The van der Waals surface area contributed by atoms with Gasteiger partial charge in [-0.3, -0.25) is 0 Å². The molecule has 0 heterocycles. The van der Waals surface area contributed by atoms with Gasteiger partial charge in [0.15, 0.2) is 0 Å². The topological polar surface area (TPSA) is 0 Å². The van der Waals surface area contributed by atoms with E-state index in [-0.39, 0.29) is 0 Å². The fourth-order valence-corrected chi connectivity index (χ4v) is 3.29. The molecule has 0 amide bonds. The third-order valence-electron chi connectivity index (χ3n) is 4.07. The number of benzene rings is 3. The van der Waals surface area contributed by atoms with Crippen LogP contribution in [0.25, 0.3) is 34.2 Å². The van der Waals surface area contributed by atoms with Crippen molar-refractivity contribution in [1.82, 2.24) is 0 Å². The predicted octanol–water partition coefficient (Wildman–Crippen LogP) is 3.05. The molecule has 18 heavy (non-hydrogen) atoms. The van der Waals surface area contributed by atoms with Gasteiger partial charge in [0.25, 0.3) is 0 Å². The first kappa shape index (κ1) is 9.90. The fraction of sp³-hybridized carbons (Fsp3) is 0.111. The largest absolute Gasteiger partial charge is 0.0911 e. The minimum atomic E-state index is 1.04. The van der Waals surface area contributed by atoms with E-state index in [1.54, 1.807) is 0 Å². The lowest BCUT2D eigenvalue weighted by molar-refractivity contribution is 1.35. The lowest BCUT2D eigenvalue weighted by atomic mass is 9.88. The lowest BCUT2D eigenvalue weighted by Crippen LogP contribution is -2.15. The van der Waals surface area contributed by atoms with Gasteiger partial charge in [-0.15, -0.1) is 0 Å². The highest BCUT2D eigenvalue weighted by molar-refractivity contribution is 6.12. The Bertz CT molecular complexity index is 914. The van der Waals surface area contributed by atoms with Gasteiger partial charge in [-0.05, 0) is 56.5 Å².